The summed E-state index contributed by atoms with van der Waals surface area (Å²) in [6.45, 7) is 10.2. The first-order chi connectivity index (χ1) is 24.8. The molecule has 0 aromatic heterocycles. The van der Waals surface area contributed by atoms with Gasteiger partial charge in [0, 0.05) is 63.9 Å². The van der Waals surface area contributed by atoms with Crippen molar-refractivity contribution in [3.05, 3.63) is 0 Å². The van der Waals surface area contributed by atoms with Crippen LogP contribution in [0.2, 0.25) is 0 Å². The number of ether oxygens (including phenoxy) is 3. The van der Waals surface area contributed by atoms with Crippen molar-refractivity contribution in [1.82, 2.24) is 26.6 Å². The van der Waals surface area contributed by atoms with E-state index in [4.69, 9.17) is 30.5 Å². The van der Waals surface area contributed by atoms with Gasteiger partial charge in [0.05, 0.1) is 25.9 Å². The molecule has 0 aliphatic heterocycles. The van der Waals surface area contributed by atoms with Crippen molar-refractivity contribution in [2.75, 3.05) is 59.3 Å². The Hall–Kier alpha value is -2.20. The van der Waals surface area contributed by atoms with Gasteiger partial charge in [0.1, 0.15) is 12.1 Å². The fraction of sp³-hybridized carbons (Fsp3) is 0.857. The second-order valence-corrected chi connectivity index (χ2v) is 17.2. The molecule has 5 amide bonds. The summed E-state index contributed by atoms with van der Waals surface area (Å²) in [4.78, 5) is 75.8. The Labute approximate surface area is 315 Å². The first kappa shape index (κ1) is 47.8. The van der Waals surface area contributed by atoms with Crippen molar-refractivity contribution in [1.29, 1.82) is 0 Å². The summed E-state index contributed by atoms with van der Waals surface area (Å²) in [6, 6.07) is -2.01. The molecule has 1 fully saturated rings. The van der Waals surface area contributed by atoms with Crippen molar-refractivity contribution in [2.45, 2.75) is 129 Å². The topological polar surface area (TPSA) is 203 Å². The molecule has 1 aliphatic rings. The van der Waals surface area contributed by atoms with Crippen LogP contribution in [0.25, 0.3) is 0 Å². The Kier molecular flexibility index (Phi) is 26.0. The third-order valence-corrected chi connectivity index (χ3v) is 11.7. The maximum atomic E-state index is 13.4. The smallest absolute Gasteiger partial charge is 0.242 e. The van der Waals surface area contributed by atoms with Crippen LogP contribution in [0, 0.1) is 5.92 Å². The van der Waals surface area contributed by atoms with Crippen LogP contribution in [-0.2, 0) is 54.5 Å². The molecular formula is C35H66N5O10PS. The van der Waals surface area contributed by atoms with Crippen LogP contribution >= 0.6 is 6.49 Å². The number of hydrogen-bond donors (Lipinski definition) is 6. The van der Waals surface area contributed by atoms with Crippen LogP contribution in [0.5, 0.6) is 0 Å². The van der Waals surface area contributed by atoms with Gasteiger partial charge in [0.25, 0.3) is 0 Å². The monoisotopic (exact) mass is 779 g/mol. The molecule has 0 aromatic rings. The van der Waals surface area contributed by atoms with Crippen LogP contribution < -0.4 is 26.6 Å². The molecule has 6 N–H and O–H groups in total. The predicted molar refractivity (Wildman–Crippen MR) is 203 cm³/mol. The lowest BCUT2D eigenvalue weighted by atomic mass is 9.86. The summed E-state index contributed by atoms with van der Waals surface area (Å²) >= 11 is 5.28. The molecule has 0 aromatic carbocycles. The minimum Gasteiger partial charge on any atom is -0.380 e. The molecule has 15 nitrogen and oxygen atoms in total. The Morgan fingerprint density at radius 2 is 1.12 bits per heavy atom. The van der Waals surface area contributed by atoms with E-state index in [1.54, 1.807) is 0 Å². The van der Waals surface area contributed by atoms with E-state index in [2.05, 4.69) is 26.6 Å². The van der Waals surface area contributed by atoms with E-state index in [0.717, 1.165) is 19.3 Å². The second-order valence-electron chi connectivity index (χ2n) is 13.3. The van der Waals surface area contributed by atoms with Crippen LogP contribution in [-0.4, -0.2) is 118 Å². The zero-order valence-corrected chi connectivity index (χ0v) is 33.7. The van der Waals surface area contributed by atoms with Gasteiger partial charge in [0.15, 0.2) is 6.49 Å². The zero-order valence-electron chi connectivity index (χ0n) is 32.0. The van der Waals surface area contributed by atoms with Gasteiger partial charge in [-0.2, -0.15) is 0 Å². The lowest BCUT2D eigenvalue weighted by Gasteiger charge is -2.32. The van der Waals surface area contributed by atoms with Gasteiger partial charge in [-0.3, -0.25) is 24.0 Å². The molecule has 1 rings (SSSR count). The average molecular weight is 780 g/mol. The van der Waals surface area contributed by atoms with E-state index < -0.39 is 36.3 Å². The van der Waals surface area contributed by atoms with E-state index in [9.17, 15) is 28.9 Å². The molecule has 302 valence electrons. The highest BCUT2D eigenvalue weighted by molar-refractivity contribution is 8.09. The summed E-state index contributed by atoms with van der Waals surface area (Å²) in [7, 11) is 0. The minimum atomic E-state index is -2.92. The quantitative estimate of drug-likeness (QED) is 0.0481. The maximum absolute atomic E-state index is 13.4. The van der Waals surface area contributed by atoms with E-state index in [0.29, 0.717) is 71.9 Å². The van der Waals surface area contributed by atoms with E-state index in [1.807, 2.05) is 34.6 Å². The van der Waals surface area contributed by atoms with Gasteiger partial charge in [-0.05, 0) is 69.6 Å². The summed E-state index contributed by atoms with van der Waals surface area (Å²) in [5.41, 5.74) is -0.165. The highest BCUT2D eigenvalue weighted by Gasteiger charge is 2.33. The number of amides is 5. The average Bonchev–Trinajstić information content (AvgIpc) is 3.11. The molecule has 1 aliphatic carbocycles. The fourth-order valence-corrected chi connectivity index (χ4v) is 6.49. The Balaban J connectivity index is 2.86. The van der Waals surface area contributed by atoms with Crippen molar-refractivity contribution in [3.8, 4) is 0 Å². The lowest BCUT2D eigenvalue weighted by Crippen LogP contribution is -2.51. The van der Waals surface area contributed by atoms with E-state index in [-0.39, 0.29) is 68.3 Å². The van der Waals surface area contributed by atoms with Gasteiger partial charge in [-0.1, -0.05) is 34.6 Å². The van der Waals surface area contributed by atoms with E-state index >= 15 is 0 Å². The lowest BCUT2D eigenvalue weighted by molar-refractivity contribution is -0.133. The highest BCUT2D eigenvalue weighted by atomic mass is 32.5. The molecule has 0 saturated heterocycles. The number of nitrogens with one attached hydrogen (secondary N) is 5. The van der Waals surface area contributed by atoms with Crippen molar-refractivity contribution in [2.24, 2.45) is 5.92 Å². The standard InChI is InChI=1S/C35H66N5O10PS/c1-6-20-47-23-17-36-31(41)15-13-29(34(44)37-18-24-48-21-7-2)39-32(42)16-14-30(35(45)38-19-25-49-22-8-3)40-33(43)27-9-11-28(12-10-27)50-51(46,52)26(4)5/h26-30H,6-25H2,1-5H3,(H,36,41)(H,37,44)(H,38,45)(H,39,42)(H,40,43)(H,46,52). The van der Waals surface area contributed by atoms with Crippen LogP contribution in [0.3, 0.4) is 0 Å². The zero-order chi connectivity index (χ0) is 38.8. The summed E-state index contributed by atoms with van der Waals surface area (Å²) in [6.07, 6.45) is 4.31. The van der Waals surface area contributed by atoms with Crippen molar-refractivity contribution in [3.63, 3.8) is 0 Å². The van der Waals surface area contributed by atoms with Gasteiger partial charge < -0.3 is 50.2 Å². The summed E-state index contributed by atoms with van der Waals surface area (Å²) in [5, 5.41) is 13.8. The van der Waals surface area contributed by atoms with Gasteiger partial charge in [-0.25, -0.2) is 0 Å². The second kappa shape index (κ2) is 28.3. The molecule has 3 atom stereocenters. The van der Waals surface area contributed by atoms with Crippen molar-refractivity contribution < 1.29 is 47.6 Å². The molecule has 0 heterocycles. The van der Waals surface area contributed by atoms with Gasteiger partial charge in [-0.15, -0.1) is 0 Å². The van der Waals surface area contributed by atoms with Gasteiger partial charge >= 0.3 is 0 Å². The predicted octanol–water partition coefficient (Wildman–Crippen LogP) is 2.43. The van der Waals surface area contributed by atoms with Crippen LogP contribution in [0.1, 0.15) is 105 Å². The molecule has 0 bridgehead atoms. The summed E-state index contributed by atoms with van der Waals surface area (Å²) in [5.74, 6) is -2.35. The minimum absolute atomic E-state index is 0.00208. The molecule has 0 radical (unpaired) electrons. The normalized spacial score (nSPS) is 18.1. The van der Waals surface area contributed by atoms with E-state index in [1.165, 1.54) is 0 Å². The molecular weight excluding hydrogens is 713 g/mol. The number of rotatable bonds is 29. The first-order valence-electron chi connectivity index (χ1n) is 19.0. The Morgan fingerprint density at radius 3 is 1.58 bits per heavy atom. The largest absolute Gasteiger partial charge is 0.380 e. The molecule has 3 unspecified atom stereocenters. The van der Waals surface area contributed by atoms with Crippen LogP contribution in [0.15, 0.2) is 0 Å². The number of hydrogen-bond acceptors (Lipinski definition) is 10. The Bertz CT molecular complexity index is 1110. The molecule has 52 heavy (non-hydrogen) atoms. The number of carbonyl (C=O) groups is 5. The van der Waals surface area contributed by atoms with Gasteiger partial charge in [0.2, 0.25) is 29.5 Å². The highest BCUT2D eigenvalue weighted by Crippen LogP contribution is 2.50. The third-order valence-electron chi connectivity index (χ3n) is 8.31. The third kappa shape index (κ3) is 21.5. The maximum Gasteiger partial charge on any atom is 0.242 e. The molecule has 0 spiro atoms. The first-order valence-corrected chi connectivity index (χ1v) is 21.7. The Morgan fingerprint density at radius 1 is 0.673 bits per heavy atom. The number of carbonyl (C=O) groups excluding carboxylic acids is 5. The SMILES string of the molecule is CCCOCCNC(=O)CCC(NC(=O)CCC(NC(=O)C1CCC(OP(O)(=S)C(C)C)CC1)C(=O)NCCOCCC)C(=O)NCCOCCC. The molecule has 1 saturated carbocycles. The van der Waals surface area contributed by atoms with Crippen molar-refractivity contribution >= 4 is 47.8 Å². The molecule has 17 heteroatoms. The van der Waals surface area contributed by atoms with Crippen LogP contribution in [0.4, 0.5) is 0 Å². The fourth-order valence-electron chi connectivity index (χ4n) is 5.24. The summed E-state index contributed by atoms with van der Waals surface area (Å²) < 4.78 is 22.1.